The van der Waals surface area contributed by atoms with Crippen molar-refractivity contribution in [2.75, 3.05) is 49.1 Å². The van der Waals surface area contributed by atoms with Gasteiger partial charge in [-0.1, -0.05) is 84.9 Å². The number of para-hydroxylation sites is 2. The number of amides is 5. The molecule has 0 radical (unpaired) electrons. The molecule has 5 amide bonds. The number of anilines is 2. The molecule has 4 aromatic carbocycles. The molecule has 2 heterocycles. The number of hydrogen-bond acceptors (Lipinski definition) is 6. The third kappa shape index (κ3) is 13.1. The number of benzene rings is 4. The first-order valence-corrected chi connectivity index (χ1v) is 19.6. The fourth-order valence-corrected chi connectivity index (χ4v) is 6.58. The number of Topliss-reactive ketones (excluding diaryl/α,β-unsaturated/α-hetero) is 2. The Hall–Kier alpha value is -6.30. The molecule has 6 rings (SSSR count). The highest BCUT2D eigenvalue weighted by Gasteiger charge is 2.40. The summed E-state index contributed by atoms with van der Waals surface area (Å²) in [5.74, 6) is -8.58. The van der Waals surface area contributed by atoms with E-state index in [1.54, 1.807) is 59.5 Å². The maximum atomic E-state index is 13.5. The van der Waals surface area contributed by atoms with E-state index >= 15 is 0 Å². The standard InChI is InChI=1S/C23H22F5N3O3.C21H23F2N3O2/c24-22(25)10-12-30(13-11-22)21(34)31(18-4-2-1-3-5-18)15-16-6-8-17(9-7-16)19(32)14-29-20(33)23(26,27)28;22-21(23)10-12-25(13-11-21)20(28)26(18-4-2-1-3-5-18)15-16-6-8-17(9-7-16)19(27)14-24/h1-9H,10-15H2,(H,29,33);1-9H,10-15,24H2. The Morgan fingerprint density at radius 2 is 0.919 bits per heavy atom. The second kappa shape index (κ2) is 20.5. The van der Waals surface area contributed by atoms with E-state index in [0.717, 1.165) is 5.56 Å². The average Bonchev–Trinajstić information content (AvgIpc) is 3.26. The lowest BCUT2D eigenvalue weighted by atomic mass is 10.1. The van der Waals surface area contributed by atoms with E-state index in [0.29, 0.717) is 22.5 Å². The molecule has 0 spiro atoms. The van der Waals surface area contributed by atoms with Gasteiger partial charge in [-0.25, -0.2) is 27.2 Å². The molecule has 18 heteroatoms. The van der Waals surface area contributed by atoms with E-state index in [2.05, 4.69) is 0 Å². The molecule has 2 fully saturated rings. The van der Waals surface area contributed by atoms with Crippen LogP contribution in [0.1, 0.15) is 57.5 Å². The van der Waals surface area contributed by atoms with Gasteiger partial charge >= 0.3 is 24.1 Å². The van der Waals surface area contributed by atoms with Crippen molar-refractivity contribution in [3.8, 4) is 0 Å². The number of halogens is 7. The largest absolute Gasteiger partial charge is 0.471 e. The van der Waals surface area contributed by atoms with Crippen LogP contribution in [0.4, 0.5) is 51.7 Å². The van der Waals surface area contributed by atoms with Gasteiger partial charge in [0.2, 0.25) is 0 Å². The van der Waals surface area contributed by atoms with Gasteiger partial charge in [0.05, 0.1) is 26.2 Å². The SMILES string of the molecule is NCC(=O)c1ccc(CN(C(=O)N2CCC(F)(F)CC2)c2ccccc2)cc1.O=C(CNC(=O)C(F)(F)F)c1ccc(CN(C(=O)N2CCC(F)(F)CC2)c2ccccc2)cc1. The topological polar surface area (TPSA) is 136 Å². The van der Waals surface area contributed by atoms with E-state index in [-0.39, 0.29) is 76.0 Å². The Labute approximate surface area is 353 Å². The minimum absolute atomic E-state index is 0.0269. The normalized spacial score (nSPS) is 15.7. The molecule has 4 aromatic rings. The quantitative estimate of drug-likeness (QED) is 0.116. The summed E-state index contributed by atoms with van der Waals surface area (Å²) >= 11 is 0. The Bertz CT molecular complexity index is 2140. The summed E-state index contributed by atoms with van der Waals surface area (Å²) in [5.41, 5.74) is 8.66. The Morgan fingerprint density at radius 1 is 0.565 bits per heavy atom. The van der Waals surface area contributed by atoms with Gasteiger partial charge < -0.3 is 20.9 Å². The van der Waals surface area contributed by atoms with Gasteiger partial charge in [0.1, 0.15) is 0 Å². The Morgan fingerprint density at radius 3 is 1.26 bits per heavy atom. The molecule has 0 unspecified atom stereocenters. The summed E-state index contributed by atoms with van der Waals surface area (Å²) in [7, 11) is 0. The van der Waals surface area contributed by atoms with Crippen LogP contribution in [0.15, 0.2) is 109 Å². The lowest BCUT2D eigenvalue weighted by Crippen LogP contribution is -2.48. The molecule has 2 saturated heterocycles. The van der Waals surface area contributed by atoms with Gasteiger partial charge in [-0.05, 0) is 35.4 Å². The van der Waals surface area contributed by atoms with Crippen molar-refractivity contribution < 1.29 is 54.7 Å². The lowest BCUT2D eigenvalue weighted by Gasteiger charge is -2.35. The highest BCUT2D eigenvalue weighted by Crippen LogP contribution is 2.31. The molecule has 330 valence electrons. The van der Waals surface area contributed by atoms with Crippen LogP contribution in [-0.2, 0) is 17.9 Å². The predicted octanol–water partition coefficient (Wildman–Crippen LogP) is 8.09. The average molecular weight is 871 g/mol. The van der Waals surface area contributed by atoms with Crippen LogP contribution < -0.4 is 20.9 Å². The van der Waals surface area contributed by atoms with Gasteiger partial charge in [-0.3, -0.25) is 24.2 Å². The van der Waals surface area contributed by atoms with E-state index in [1.165, 1.54) is 44.3 Å². The fraction of sp³-hybridized carbons (Fsp3) is 0.341. The van der Waals surface area contributed by atoms with Crippen LogP contribution in [0.3, 0.4) is 0 Å². The van der Waals surface area contributed by atoms with Crippen molar-refractivity contribution in [3.63, 3.8) is 0 Å². The zero-order valence-electron chi connectivity index (χ0n) is 33.4. The summed E-state index contributed by atoms with van der Waals surface area (Å²) in [6.45, 7) is -0.627. The molecule has 0 saturated carbocycles. The summed E-state index contributed by atoms with van der Waals surface area (Å²) in [6.07, 6.45) is -6.55. The van der Waals surface area contributed by atoms with Crippen LogP contribution in [0.5, 0.6) is 0 Å². The van der Waals surface area contributed by atoms with Gasteiger partial charge in [0.25, 0.3) is 11.8 Å². The number of nitrogens with one attached hydrogen (secondary N) is 1. The number of rotatable bonds is 11. The van der Waals surface area contributed by atoms with E-state index in [9.17, 15) is 54.7 Å². The van der Waals surface area contributed by atoms with Crippen molar-refractivity contribution >= 4 is 40.9 Å². The summed E-state index contributed by atoms with van der Waals surface area (Å²) in [5, 5.41) is 1.52. The van der Waals surface area contributed by atoms with Crippen molar-refractivity contribution in [3.05, 3.63) is 131 Å². The minimum Gasteiger partial charge on any atom is -0.341 e. The van der Waals surface area contributed by atoms with Crippen molar-refractivity contribution in [1.29, 1.82) is 0 Å². The number of likely N-dealkylation sites (tertiary alicyclic amines) is 2. The third-order valence-corrected chi connectivity index (χ3v) is 10.2. The Kier molecular flexibility index (Phi) is 15.5. The number of carbonyl (C=O) groups is 5. The maximum absolute atomic E-state index is 13.5. The third-order valence-electron chi connectivity index (χ3n) is 10.2. The summed E-state index contributed by atoms with van der Waals surface area (Å²) < 4.78 is 90.7. The molecule has 0 aromatic heterocycles. The number of nitrogens with zero attached hydrogens (tertiary/aromatic N) is 4. The second-order valence-electron chi connectivity index (χ2n) is 14.7. The smallest absolute Gasteiger partial charge is 0.341 e. The van der Waals surface area contributed by atoms with E-state index < -0.39 is 55.1 Å². The van der Waals surface area contributed by atoms with Crippen LogP contribution in [0.2, 0.25) is 0 Å². The molecule has 2 aliphatic heterocycles. The van der Waals surface area contributed by atoms with Gasteiger partial charge in [-0.15, -0.1) is 0 Å². The monoisotopic (exact) mass is 870 g/mol. The van der Waals surface area contributed by atoms with Crippen molar-refractivity contribution in [2.24, 2.45) is 5.73 Å². The maximum Gasteiger partial charge on any atom is 0.471 e. The first-order chi connectivity index (χ1) is 29.4. The van der Waals surface area contributed by atoms with Crippen LogP contribution in [0.25, 0.3) is 0 Å². The number of urea groups is 2. The number of hydrogen-bond donors (Lipinski definition) is 2. The fourth-order valence-electron chi connectivity index (χ4n) is 6.58. The van der Waals surface area contributed by atoms with Crippen LogP contribution in [-0.4, -0.2) is 96.6 Å². The number of piperidine rings is 2. The zero-order valence-corrected chi connectivity index (χ0v) is 33.4. The molecule has 0 atom stereocenters. The molecule has 2 aliphatic rings. The zero-order chi connectivity index (χ0) is 45.1. The van der Waals surface area contributed by atoms with E-state index in [1.807, 2.05) is 30.3 Å². The minimum atomic E-state index is -5.08. The van der Waals surface area contributed by atoms with Crippen molar-refractivity contribution in [2.45, 2.75) is 56.8 Å². The molecular formula is C44H45F7N6O5. The van der Waals surface area contributed by atoms with Gasteiger partial charge in [0, 0.05) is 74.4 Å². The molecule has 0 aliphatic carbocycles. The summed E-state index contributed by atoms with van der Waals surface area (Å²) in [4.78, 5) is 66.7. The second-order valence-corrected chi connectivity index (χ2v) is 14.7. The number of ketones is 2. The predicted molar refractivity (Wildman–Crippen MR) is 217 cm³/mol. The highest BCUT2D eigenvalue weighted by atomic mass is 19.4. The van der Waals surface area contributed by atoms with Gasteiger partial charge in [-0.2, -0.15) is 13.2 Å². The van der Waals surface area contributed by atoms with Crippen LogP contribution >= 0.6 is 0 Å². The molecule has 0 bridgehead atoms. The molecule has 62 heavy (non-hydrogen) atoms. The lowest BCUT2D eigenvalue weighted by molar-refractivity contribution is -0.173. The number of carbonyl (C=O) groups excluding carboxylic acids is 5. The number of alkyl halides is 7. The van der Waals surface area contributed by atoms with Crippen molar-refractivity contribution in [1.82, 2.24) is 15.1 Å². The first-order valence-electron chi connectivity index (χ1n) is 19.6. The summed E-state index contributed by atoms with van der Waals surface area (Å²) in [6, 6.07) is 29.8. The molecular weight excluding hydrogens is 826 g/mol. The van der Waals surface area contributed by atoms with E-state index in [4.69, 9.17) is 5.73 Å². The van der Waals surface area contributed by atoms with Crippen LogP contribution in [0, 0.1) is 0 Å². The Balaban J connectivity index is 0.000000238. The van der Waals surface area contributed by atoms with Gasteiger partial charge in [0.15, 0.2) is 11.6 Å². The molecule has 3 N–H and O–H groups in total. The number of nitrogens with two attached hydrogens (primary N) is 1. The first kappa shape index (κ1) is 46.8. The highest BCUT2D eigenvalue weighted by molar-refractivity contribution is 6.00. The molecule has 11 nitrogen and oxygen atoms in total.